The van der Waals surface area contributed by atoms with Crippen LogP contribution in [0.3, 0.4) is 0 Å². The fourth-order valence-electron chi connectivity index (χ4n) is 4.47. The maximum Gasteiger partial charge on any atom is 0.236 e. The lowest BCUT2D eigenvalue weighted by Crippen LogP contribution is -2.51. The first-order chi connectivity index (χ1) is 14.7. The monoisotopic (exact) mass is 410 g/mol. The summed E-state index contributed by atoms with van der Waals surface area (Å²) in [5.41, 5.74) is 1.10. The third-order valence-corrected chi connectivity index (χ3v) is 6.10. The van der Waals surface area contributed by atoms with Crippen molar-refractivity contribution in [1.82, 2.24) is 14.8 Å². The van der Waals surface area contributed by atoms with E-state index in [1.807, 2.05) is 47.5 Å². The van der Waals surface area contributed by atoms with Crippen molar-refractivity contribution < 1.29 is 14.3 Å². The highest BCUT2D eigenvalue weighted by Crippen LogP contribution is 2.38. The molecule has 0 radical (unpaired) electrons. The first-order valence-electron chi connectivity index (χ1n) is 10.6. The van der Waals surface area contributed by atoms with Crippen LogP contribution in [-0.4, -0.2) is 74.2 Å². The molecule has 7 heteroatoms. The van der Waals surface area contributed by atoms with Gasteiger partial charge in [0.05, 0.1) is 20.8 Å². The first kappa shape index (κ1) is 20.5. The van der Waals surface area contributed by atoms with Crippen molar-refractivity contribution in [2.45, 2.75) is 18.9 Å². The van der Waals surface area contributed by atoms with Crippen LogP contribution in [0.1, 0.15) is 24.4 Å². The average molecular weight is 411 g/mol. The number of hydrogen-bond acceptors (Lipinski definition) is 6. The molecule has 0 saturated carbocycles. The number of carbonyl (C=O) groups is 1. The molecule has 30 heavy (non-hydrogen) atoms. The Morgan fingerprint density at radius 1 is 1.07 bits per heavy atom. The average Bonchev–Trinajstić information content (AvgIpc) is 3.27. The van der Waals surface area contributed by atoms with Crippen molar-refractivity contribution in [3.8, 4) is 11.5 Å². The third kappa shape index (κ3) is 4.36. The van der Waals surface area contributed by atoms with Crippen LogP contribution in [0, 0.1) is 0 Å². The molecular formula is C23H30N4O3. The Morgan fingerprint density at radius 2 is 1.90 bits per heavy atom. The van der Waals surface area contributed by atoms with E-state index in [0.717, 1.165) is 68.4 Å². The molecule has 2 saturated heterocycles. The van der Waals surface area contributed by atoms with Crippen molar-refractivity contribution in [1.29, 1.82) is 0 Å². The van der Waals surface area contributed by atoms with Crippen LogP contribution in [0.25, 0.3) is 0 Å². The van der Waals surface area contributed by atoms with Gasteiger partial charge in [-0.15, -0.1) is 0 Å². The number of likely N-dealkylation sites (tertiary alicyclic amines) is 1. The van der Waals surface area contributed by atoms with Crippen molar-refractivity contribution in [2.75, 3.05) is 58.4 Å². The molecule has 1 aromatic heterocycles. The van der Waals surface area contributed by atoms with Crippen LogP contribution < -0.4 is 14.4 Å². The van der Waals surface area contributed by atoms with Gasteiger partial charge < -0.3 is 19.3 Å². The number of hydrogen-bond donors (Lipinski definition) is 0. The predicted octanol–water partition coefficient (Wildman–Crippen LogP) is 2.58. The summed E-state index contributed by atoms with van der Waals surface area (Å²) in [7, 11) is 3.36. The van der Waals surface area contributed by atoms with Crippen molar-refractivity contribution >= 4 is 11.7 Å². The van der Waals surface area contributed by atoms with Gasteiger partial charge in [-0.3, -0.25) is 9.69 Å². The van der Waals surface area contributed by atoms with Crippen molar-refractivity contribution in [2.24, 2.45) is 0 Å². The summed E-state index contributed by atoms with van der Waals surface area (Å²) in [6.07, 6.45) is 3.91. The number of methoxy groups -OCH3 is 2. The maximum atomic E-state index is 13.0. The second-order valence-corrected chi connectivity index (χ2v) is 7.79. The van der Waals surface area contributed by atoms with Gasteiger partial charge in [-0.2, -0.15) is 0 Å². The van der Waals surface area contributed by atoms with Crippen LogP contribution in [0.2, 0.25) is 0 Å². The largest absolute Gasteiger partial charge is 0.497 e. The Balaban J connectivity index is 1.39. The molecule has 7 nitrogen and oxygen atoms in total. The molecule has 0 bridgehead atoms. The molecule has 4 rings (SSSR count). The molecule has 1 unspecified atom stereocenters. The summed E-state index contributed by atoms with van der Waals surface area (Å²) < 4.78 is 11.0. The molecule has 160 valence electrons. The molecule has 2 aliphatic heterocycles. The van der Waals surface area contributed by atoms with Crippen LogP contribution in [0.4, 0.5) is 5.82 Å². The lowest BCUT2D eigenvalue weighted by molar-refractivity contribution is -0.133. The normalized spacial score (nSPS) is 19.7. The van der Waals surface area contributed by atoms with E-state index in [4.69, 9.17) is 9.47 Å². The number of nitrogens with zero attached hydrogens (tertiary/aromatic N) is 4. The molecule has 2 aliphatic rings. The second kappa shape index (κ2) is 9.34. The van der Waals surface area contributed by atoms with Gasteiger partial charge in [0, 0.05) is 44.0 Å². The Labute approximate surface area is 178 Å². The van der Waals surface area contributed by atoms with E-state index >= 15 is 0 Å². The molecule has 1 amide bonds. The highest BCUT2D eigenvalue weighted by atomic mass is 16.5. The number of benzene rings is 1. The number of piperazine rings is 1. The molecule has 0 spiro atoms. The summed E-state index contributed by atoms with van der Waals surface area (Å²) >= 11 is 0. The molecule has 2 fully saturated rings. The van der Waals surface area contributed by atoms with E-state index in [0.29, 0.717) is 6.54 Å². The summed E-state index contributed by atoms with van der Waals surface area (Å²) in [6.45, 7) is 4.46. The lowest BCUT2D eigenvalue weighted by atomic mass is 10.0. The standard InChI is InChI=1S/C23H30N4O3/c1-29-18-8-9-21(30-2)19(16-18)20-6-5-11-27(20)17-23(28)26-14-12-25(13-15-26)22-7-3-4-10-24-22/h3-4,7-10,16,20H,5-6,11-15,17H2,1-2H3. The summed E-state index contributed by atoms with van der Waals surface area (Å²) in [5, 5.41) is 0. The SMILES string of the molecule is COc1ccc(OC)c(C2CCCN2CC(=O)N2CCN(c3ccccn3)CC2)c1. The van der Waals surface area contributed by atoms with Gasteiger partial charge in [-0.05, 0) is 49.7 Å². The predicted molar refractivity (Wildman–Crippen MR) is 116 cm³/mol. The molecule has 2 aromatic rings. The molecule has 0 N–H and O–H groups in total. The number of anilines is 1. The minimum atomic E-state index is 0.175. The Morgan fingerprint density at radius 3 is 2.60 bits per heavy atom. The highest BCUT2D eigenvalue weighted by molar-refractivity contribution is 5.78. The van der Waals surface area contributed by atoms with Crippen LogP contribution in [0.15, 0.2) is 42.6 Å². The number of rotatable bonds is 6. The van der Waals surface area contributed by atoms with Gasteiger partial charge in [-0.25, -0.2) is 4.98 Å². The zero-order valence-electron chi connectivity index (χ0n) is 17.8. The van der Waals surface area contributed by atoms with Gasteiger partial charge in [0.25, 0.3) is 0 Å². The van der Waals surface area contributed by atoms with E-state index in [9.17, 15) is 4.79 Å². The first-order valence-corrected chi connectivity index (χ1v) is 10.6. The van der Waals surface area contributed by atoms with Gasteiger partial charge in [-0.1, -0.05) is 6.07 Å². The summed E-state index contributed by atoms with van der Waals surface area (Å²) in [6, 6.07) is 12.0. The van der Waals surface area contributed by atoms with Gasteiger partial charge >= 0.3 is 0 Å². The van der Waals surface area contributed by atoms with Gasteiger partial charge in [0.2, 0.25) is 5.91 Å². The van der Waals surface area contributed by atoms with E-state index in [1.165, 1.54) is 0 Å². The van der Waals surface area contributed by atoms with Crippen molar-refractivity contribution in [3.05, 3.63) is 48.2 Å². The molecule has 1 atom stereocenters. The number of carbonyl (C=O) groups excluding carboxylic acids is 1. The molecule has 0 aliphatic carbocycles. The van der Waals surface area contributed by atoms with Gasteiger partial charge in [0.1, 0.15) is 17.3 Å². The van der Waals surface area contributed by atoms with E-state index in [1.54, 1.807) is 14.2 Å². The van der Waals surface area contributed by atoms with Gasteiger partial charge in [0.15, 0.2) is 0 Å². The number of aromatic nitrogens is 1. The molecule has 1 aromatic carbocycles. The fraction of sp³-hybridized carbons (Fsp3) is 0.478. The summed E-state index contributed by atoms with van der Waals surface area (Å²) in [5.74, 6) is 2.84. The quantitative estimate of drug-likeness (QED) is 0.730. The van der Waals surface area contributed by atoms with Crippen LogP contribution in [0.5, 0.6) is 11.5 Å². The zero-order valence-corrected chi connectivity index (χ0v) is 17.8. The number of pyridine rings is 1. The van der Waals surface area contributed by atoms with Crippen LogP contribution >= 0.6 is 0 Å². The second-order valence-electron chi connectivity index (χ2n) is 7.79. The van der Waals surface area contributed by atoms with E-state index in [2.05, 4.69) is 14.8 Å². The fourth-order valence-corrected chi connectivity index (χ4v) is 4.47. The van der Waals surface area contributed by atoms with Crippen LogP contribution in [-0.2, 0) is 4.79 Å². The van der Waals surface area contributed by atoms with E-state index in [-0.39, 0.29) is 11.9 Å². The Hall–Kier alpha value is -2.80. The smallest absolute Gasteiger partial charge is 0.236 e. The van der Waals surface area contributed by atoms with E-state index < -0.39 is 0 Å². The molecular weight excluding hydrogens is 380 g/mol. The zero-order chi connectivity index (χ0) is 20.9. The van der Waals surface area contributed by atoms with Crippen molar-refractivity contribution in [3.63, 3.8) is 0 Å². The minimum absolute atomic E-state index is 0.175. The lowest BCUT2D eigenvalue weighted by Gasteiger charge is -2.36. The maximum absolute atomic E-state index is 13.0. The summed E-state index contributed by atoms with van der Waals surface area (Å²) in [4.78, 5) is 24.0. The molecule has 3 heterocycles. The Kier molecular flexibility index (Phi) is 6.38. The third-order valence-electron chi connectivity index (χ3n) is 6.10. The number of amides is 1. The minimum Gasteiger partial charge on any atom is -0.497 e. The topological polar surface area (TPSA) is 58.1 Å². The Bertz CT molecular complexity index is 853. The number of ether oxygens (including phenoxy) is 2. The highest BCUT2D eigenvalue weighted by Gasteiger charge is 2.32.